The summed E-state index contributed by atoms with van der Waals surface area (Å²) in [5, 5.41) is 0. The monoisotopic (exact) mass is 350 g/mol. The van der Waals surface area contributed by atoms with E-state index in [1.807, 2.05) is 12.1 Å². The Hall–Kier alpha value is -1.89. The maximum atomic E-state index is 13.2. The highest BCUT2D eigenvalue weighted by atomic mass is 16.1. The molecule has 0 radical (unpaired) electrons. The van der Waals surface area contributed by atoms with Crippen molar-refractivity contribution in [1.29, 1.82) is 0 Å². The van der Waals surface area contributed by atoms with E-state index in [-0.39, 0.29) is 16.6 Å². The summed E-state index contributed by atoms with van der Waals surface area (Å²) in [6, 6.07) is 12.3. The average Bonchev–Trinajstić information content (AvgIpc) is 2.61. The van der Waals surface area contributed by atoms with Gasteiger partial charge in [0.1, 0.15) is 0 Å². The molecule has 0 N–H and O–H groups in total. The molecule has 0 spiro atoms. The summed E-state index contributed by atoms with van der Waals surface area (Å²) in [6.45, 7) is 17.7. The van der Waals surface area contributed by atoms with E-state index in [2.05, 4.69) is 79.7 Å². The third-order valence-electron chi connectivity index (χ3n) is 6.23. The van der Waals surface area contributed by atoms with Crippen molar-refractivity contribution in [1.82, 2.24) is 0 Å². The van der Waals surface area contributed by atoms with E-state index in [1.165, 1.54) is 22.3 Å². The molecule has 0 aromatic heterocycles. The summed E-state index contributed by atoms with van der Waals surface area (Å²) in [5.74, 6) is 0.117. The SMILES string of the molecule is CCC(C)(C)c1cc(C(=O)c2ccc(C)c(C(C)(C)CC)c2)ccc1C. The Kier molecular flexibility index (Phi) is 5.80. The summed E-state index contributed by atoms with van der Waals surface area (Å²) < 4.78 is 0. The maximum absolute atomic E-state index is 13.2. The quantitative estimate of drug-likeness (QED) is 0.517. The Bertz CT molecular complexity index is 741. The molecule has 1 nitrogen and oxygen atoms in total. The molecule has 0 atom stereocenters. The van der Waals surface area contributed by atoms with Gasteiger partial charge in [-0.05, 0) is 71.9 Å². The fourth-order valence-electron chi connectivity index (χ4n) is 3.53. The van der Waals surface area contributed by atoms with Crippen LogP contribution in [0.4, 0.5) is 0 Å². The first kappa shape index (κ1) is 20.4. The van der Waals surface area contributed by atoms with Crippen LogP contribution in [-0.4, -0.2) is 5.78 Å². The number of hydrogen-bond donors (Lipinski definition) is 0. The molecule has 2 aromatic rings. The molecule has 2 aromatic carbocycles. The Morgan fingerprint density at radius 1 is 0.731 bits per heavy atom. The minimum Gasteiger partial charge on any atom is -0.289 e. The topological polar surface area (TPSA) is 17.1 Å². The predicted octanol–water partition coefficient (Wildman–Crippen LogP) is 6.91. The molecule has 0 aliphatic rings. The molecule has 0 aliphatic heterocycles. The zero-order valence-electron chi connectivity index (χ0n) is 17.8. The lowest BCUT2D eigenvalue weighted by Crippen LogP contribution is -2.19. The molecule has 140 valence electrons. The van der Waals surface area contributed by atoms with Gasteiger partial charge >= 0.3 is 0 Å². The molecule has 1 heteroatoms. The number of ketones is 1. The van der Waals surface area contributed by atoms with Gasteiger partial charge in [0.15, 0.2) is 5.78 Å². The summed E-state index contributed by atoms with van der Waals surface area (Å²) in [7, 11) is 0. The molecular formula is C25H34O. The van der Waals surface area contributed by atoms with Crippen LogP contribution in [0, 0.1) is 13.8 Å². The van der Waals surface area contributed by atoms with Crippen LogP contribution in [0.1, 0.15) is 92.6 Å². The lowest BCUT2D eigenvalue weighted by Gasteiger charge is -2.27. The van der Waals surface area contributed by atoms with Crippen molar-refractivity contribution in [2.75, 3.05) is 0 Å². The number of carbonyl (C=O) groups excluding carboxylic acids is 1. The van der Waals surface area contributed by atoms with E-state index in [0.717, 1.165) is 24.0 Å². The van der Waals surface area contributed by atoms with Crippen LogP contribution >= 0.6 is 0 Å². The Morgan fingerprint density at radius 2 is 1.08 bits per heavy atom. The number of rotatable bonds is 6. The standard InChI is InChI=1S/C25H34O/c1-9-24(5,6)21-15-19(13-11-17(21)3)23(26)20-14-12-18(4)22(16-20)25(7,8)10-2/h11-16H,9-10H2,1-8H3. The van der Waals surface area contributed by atoms with Gasteiger partial charge in [-0.25, -0.2) is 0 Å². The second-order valence-corrected chi connectivity index (χ2v) is 8.86. The number of benzene rings is 2. The van der Waals surface area contributed by atoms with Crippen LogP contribution in [0.5, 0.6) is 0 Å². The second kappa shape index (κ2) is 7.39. The first-order valence-electron chi connectivity index (χ1n) is 9.80. The highest BCUT2D eigenvalue weighted by Crippen LogP contribution is 2.32. The van der Waals surface area contributed by atoms with E-state index in [9.17, 15) is 4.79 Å². The van der Waals surface area contributed by atoms with Gasteiger partial charge in [-0.2, -0.15) is 0 Å². The van der Waals surface area contributed by atoms with Gasteiger partial charge in [0, 0.05) is 11.1 Å². The molecule has 0 saturated carbocycles. The summed E-state index contributed by atoms with van der Waals surface area (Å²) >= 11 is 0. The zero-order valence-corrected chi connectivity index (χ0v) is 17.8. The van der Waals surface area contributed by atoms with Crippen molar-refractivity contribution in [3.63, 3.8) is 0 Å². The van der Waals surface area contributed by atoms with Crippen molar-refractivity contribution >= 4 is 5.78 Å². The summed E-state index contributed by atoms with van der Waals surface area (Å²) in [5.41, 5.74) is 6.77. The van der Waals surface area contributed by atoms with Gasteiger partial charge in [-0.15, -0.1) is 0 Å². The molecule has 26 heavy (non-hydrogen) atoms. The zero-order chi connectivity index (χ0) is 19.7. The highest BCUT2D eigenvalue weighted by molar-refractivity contribution is 6.09. The Labute approximate surface area is 159 Å². The van der Waals surface area contributed by atoms with Crippen LogP contribution in [0.25, 0.3) is 0 Å². The molecule has 0 aliphatic carbocycles. The number of aryl methyl sites for hydroxylation is 2. The van der Waals surface area contributed by atoms with Crippen molar-refractivity contribution in [2.24, 2.45) is 0 Å². The number of carbonyl (C=O) groups is 1. The first-order valence-corrected chi connectivity index (χ1v) is 9.80. The second-order valence-electron chi connectivity index (χ2n) is 8.86. The third kappa shape index (κ3) is 3.92. The van der Waals surface area contributed by atoms with Gasteiger partial charge in [0.2, 0.25) is 0 Å². The Balaban J connectivity index is 2.51. The smallest absolute Gasteiger partial charge is 0.193 e. The fourth-order valence-corrected chi connectivity index (χ4v) is 3.53. The normalized spacial score (nSPS) is 12.3. The third-order valence-corrected chi connectivity index (χ3v) is 6.23. The summed E-state index contributed by atoms with van der Waals surface area (Å²) in [4.78, 5) is 13.2. The van der Waals surface area contributed by atoms with Gasteiger partial charge < -0.3 is 0 Å². The van der Waals surface area contributed by atoms with Crippen LogP contribution in [-0.2, 0) is 10.8 Å². The van der Waals surface area contributed by atoms with Crippen LogP contribution in [0.15, 0.2) is 36.4 Å². The molecular weight excluding hydrogens is 316 g/mol. The van der Waals surface area contributed by atoms with Crippen molar-refractivity contribution < 1.29 is 4.79 Å². The fraction of sp³-hybridized carbons (Fsp3) is 0.480. The average molecular weight is 351 g/mol. The minimum absolute atomic E-state index is 0.0724. The van der Waals surface area contributed by atoms with Crippen molar-refractivity contribution in [3.8, 4) is 0 Å². The molecule has 0 fully saturated rings. The van der Waals surface area contributed by atoms with Crippen LogP contribution in [0.2, 0.25) is 0 Å². The molecule has 0 amide bonds. The molecule has 2 rings (SSSR count). The van der Waals surface area contributed by atoms with Crippen molar-refractivity contribution in [2.45, 2.75) is 79.1 Å². The van der Waals surface area contributed by atoms with E-state index in [0.29, 0.717) is 0 Å². The van der Waals surface area contributed by atoms with Gasteiger partial charge in [-0.3, -0.25) is 4.79 Å². The maximum Gasteiger partial charge on any atom is 0.193 e. The van der Waals surface area contributed by atoms with Gasteiger partial charge in [0.25, 0.3) is 0 Å². The molecule has 0 bridgehead atoms. The van der Waals surface area contributed by atoms with Crippen molar-refractivity contribution in [3.05, 3.63) is 69.8 Å². The minimum atomic E-state index is 0.0724. The molecule has 0 heterocycles. The van der Waals surface area contributed by atoms with Gasteiger partial charge in [-0.1, -0.05) is 65.8 Å². The van der Waals surface area contributed by atoms with Gasteiger partial charge in [0.05, 0.1) is 0 Å². The predicted molar refractivity (Wildman–Crippen MR) is 112 cm³/mol. The molecule has 0 unspecified atom stereocenters. The lowest BCUT2D eigenvalue weighted by atomic mass is 9.77. The van der Waals surface area contributed by atoms with Crippen LogP contribution < -0.4 is 0 Å². The van der Waals surface area contributed by atoms with E-state index in [1.54, 1.807) is 0 Å². The Morgan fingerprint density at radius 3 is 1.38 bits per heavy atom. The van der Waals surface area contributed by atoms with E-state index < -0.39 is 0 Å². The van der Waals surface area contributed by atoms with E-state index >= 15 is 0 Å². The molecule has 0 saturated heterocycles. The van der Waals surface area contributed by atoms with E-state index in [4.69, 9.17) is 0 Å². The largest absolute Gasteiger partial charge is 0.289 e. The first-order chi connectivity index (χ1) is 12.0. The van der Waals surface area contributed by atoms with Crippen LogP contribution in [0.3, 0.4) is 0 Å². The highest BCUT2D eigenvalue weighted by Gasteiger charge is 2.24. The lowest BCUT2D eigenvalue weighted by molar-refractivity contribution is 0.103. The number of hydrogen-bond acceptors (Lipinski definition) is 1. The summed E-state index contributed by atoms with van der Waals surface area (Å²) in [6.07, 6.45) is 2.09.